The van der Waals surface area contributed by atoms with Crippen LogP contribution in [0.2, 0.25) is 0 Å². The summed E-state index contributed by atoms with van der Waals surface area (Å²) in [6.07, 6.45) is 0. The van der Waals surface area contributed by atoms with Crippen LogP contribution in [0.1, 0.15) is 2.85 Å². The average molecular weight is 154 g/mol. The van der Waals surface area contributed by atoms with Crippen LogP contribution in [0.4, 0.5) is 0 Å². The summed E-state index contributed by atoms with van der Waals surface area (Å²) in [7, 11) is -3.20. The summed E-state index contributed by atoms with van der Waals surface area (Å²) in [5.74, 6) is 0. The van der Waals surface area contributed by atoms with E-state index in [1.54, 1.807) is 0 Å². The molecule has 42 valence electrons. The molecule has 0 fully saturated rings. The summed E-state index contributed by atoms with van der Waals surface area (Å²) in [5, 5.41) is 0. The number of hydrogen-bond donors (Lipinski definition) is 2. The van der Waals surface area contributed by atoms with E-state index < -0.39 is 7.82 Å². The topological polar surface area (TPSA) is 66.8 Å². The Kier molecular flexibility index (Phi) is 6.83. The maximum absolute atomic E-state index is 9.47. The van der Waals surface area contributed by atoms with Crippen molar-refractivity contribution in [1.29, 1.82) is 0 Å². The quantitative estimate of drug-likeness (QED) is 0.397. The minimum Gasteiger partial charge on any atom is -1.00 e. The van der Waals surface area contributed by atoms with E-state index in [4.69, 9.17) is 9.79 Å². The summed E-state index contributed by atoms with van der Waals surface area (Å²) in [6, 6.07) is 0. The SMILES string of the molecule is COP(=O)(O)O.[Ca+2].[H-].[H-]. The van der Waals surface area contributed by atoms with Crippen molar-refractivity contribution in [2.75, 3.05) is 7.11 Å². The molecule has 0 aromatic carbocycles. The van der Waals surface area contributed by atoms with Crippen molar-refractivity contribution in [3.63, 3.8) is 0 Å². The van der Waals surface area contributed by atoms with Crippen LogP contribution < -0.4 is 0 Å². The number of hydrogen-bond acceptors (Lipinski definition) is 2. The van der Waals surface area contributed by atoms with Crippen LogP contribution >= 0.6 is 7.82 Å². The Morgan fingerprint density at radius 3 is 1.86 bits per heavy atom. The molecule has 0 aromatic heterocycles. The van der Waals surface area contributed by atoms with E-state index >= 15 is 0 Å². The number of phosphoric ester groups is 1. The smallest absolute Gasteiger partial charge is 1.00 e. The number of phosphoric acid groups is 1. The zero-order valence-corrected chi connectivity index (χ0v) is 6.97. The van der Waals surface area contributed by atoms with Crippen LogP contribution in [0.5, 0.6) is 0 Å². The molecule has 0 spiro atoms. The van der Waals surface area contributed by atoms with Crippen LogP contribution in [0.3, 0.4) is 0 Å². The number of rotatable bonds is 1. The van der Waals surface area contributed by atoms with Gasteiger partial charge in [0.25, 0.3) is 0 Å². The van der Waals surface area contributed by atoms with E-state index in [2.05, 4.69) is 4.52 Å². The molecule has 0 atom stereocenters. The molecular formula is CH7CaO4P. The molecule has 0 aliphatic rings. The standard InChI is InChI=1S/CH5O4P.Ca.2H/c1-5-6(2,3)4;;;/h1H3,(H2,2,3,4);;;/q;+2;2*-1. The van der Waals surface area contributed by atoms with Crippen LogP contribution in [0, 0.1) is 0 Å². The molecule has 0 radical (unpaired) electrons. The van der Waals surface area contributed by atoms with Gasteiger partial charge in [-0.25, -0.2) is 4.57 Å². The third kappa shape index (κ3) is 11.1. The summed E-state index contributed by atoms with van der Waals surface area (Å²) in [4.78, 5) is 15.4. The third-order valence-corrected chi connectivity index (χ3v) is 0.714. The zero-order chi connectivity index (χ0) is 5.21. The molecule has 0 heterocycles. The van der Waals surface area contributed by atoms with Crippen LogP contribution in [0.15, 0.2) is 0 Å². The summed E-state index contributed by atoms with van der Waals surface area (Å²) < 4.78 is 13.1. The molecule has 2 N–H and O–H groups in total. The maximum atomic E-state index is 9.47. The second kappa shape index (κ2) is 4.27. The fraction of sp³-hybridized carbons (Fsp3) is 1.00. The van der Waals surface area contributed by atoms with Crippen molar-refractivity contribution in [3.8, 4) is 0 Å². The normalized spacial score (nSPS) is 10.1. The van der Waals surface area contributed by atoms with Crippen LogP contribution in [-0.4, -0.2) is 54.6 Å². The van der Waals surface area contributed by atoms with Gasteiger partial charge < -0.3 is 12.6 Å². The second-order valence-electron chi connectivity index (χ2n) is 0.673. The van der Waals surface area contributed by atoms with E-state index in [0.717, 1.165) is 7.11 Å². The molecule has 0 amide bonds. The molecule has 7 heavy (non-hydrogen) atoms. The Morgan fingerprint density at radius 1 is 1.71 bits per heavy atom. The predicted molar refractivity (Wildman–Crippen MR) is 27.0 cm³/mol. The maximum Gasteiger partial charge on any atom is 2.00 e. The van der Waals surface area contributed by atoms with Crippen molar-refractivity contribution in [3.05, 3.63) is 0 Å². The molecular weight excluding hydrogens is 147 g/mol. The first-order chi connectivity index (χ1) is 2.56. The summed E-state index contributed by atoms with van der Waals surface area (Å²) in [6.45, 7) is 0. The van der Waals surface area contributed by atoms with Crippen molar-refractivity contribution in [2.24, 2.45) is 0 Å². The average Bonchev–Trinajstić information content (AvgIpc) is 1.35. The van der Waals surface area contributed by atoms with Gasteiger partial charge in [-0.1, -0.05) is 0 Å². The molecule has 0 aliphatic carbocycles. The van der Waals surface area contributed by atoms with Gasteiger partial charge in [-0.3, -0.25) is 4.52 Å². The molecule has 0 rings (SSSR count). The molecule has 0 saturated carbocycles. The van der Waals surface area contributed by atoms with Gasteiger partial charge in [-0.15, -0.1) is 0 Å². The Morgan fingerprint density at radius 2 is 1.86 bits per heavy atom. The van der Waals surface area contributed by atoms with Gasteiger partial charge in [0.15, 0.2) is 0 Å². The van der Waals surface area contributed by atoms with E-state index in [1.165, 1.54) is 0 Å². The predicted octanol–water partition coefficient (Wildman–Crippen LogP) is -0.430. The molecule has 0 unspecified atom stereocenters. The largest absolute Gasteiger partial charge is 2.00 e. The minimum atomic E-state index is -4.15. The Labute approximate surface area is 74.1 Å². The molecule has 0 saturated heterocycles. The first kappa shape index (κ1) is 11.2. The first-order valence-electron chi connectivity index (χ1n) is 1.17. The van der Waals surface area contributed by atoms with Gasteiger partial charge in [-0.05, 0) is 0 Å². The molecule has 6 heteroatoms. The third-order valence-electron chi connectivity index (χ3n) is 0.238. The van der Waals surface area contributed by atoms with Gasteiger partial charge >= 0.3 is 45.6 Å². The van der Waals surface area contributed by atoms with Crippen molar-refractivity contribution in [1.82, 2.24) is 0 Å². The first-order valence-corrected chi connectivity index (χ1v) is 2.70. The van der Waals surface area contributed by atoms with Gasteiger partial charge in [0.05, 0.1) is 0 Å². The van der Waals surface area contributed by atoms with Crippen LogP contribution in [-0.2, 0) is 9.09 Å². The van der Waals surface area contributed by atoms with E-state index in [1.807, 2.05) is 0 Å². The molecule has 4 nitrogen and oxygen atoms in total. The summed E-state index contributed by atoms with van der Waals surface area (Å²) in [5.41, 5.74) is 0. The van der Waals surface area contributed by atoms with Crippen molar-refractivity contribution >= 4 is 45.6 Å². The van der Waals surface area contributed by atoms with E-state index in [0.29, 0.717) is 0 Å². The zero-order valence-electron chi connectivity index (χ0n) is 5.87. The fourth-order valence-corrected chi connectivity index (χ4v) is 0. The monoisotopic (exact) mass is 154 g/mol. The Balaban J connectivity index is -0.0000000417. The minimum absolute atomic E-state index is 0. The Hall–Kier alpha value is 1.37. The molecule has 0 bridgehead atoms. The second-order valence-corrected chi connectivity index (χ2v) is 2.02. The fourth-order valence-electron chi connectivity index (χ4n) is 0. The van der Waals surface area contributed by atoms with Crippen molar-refractivity contribution < 1.29 is 21.7 Å². The van der Waals surface area contributed by atoms with Crippen molar-refractivity contribution in [2.45, 2.75) is 0 Å². The summed E-state index contributed by atoms with van der Waals surface area (Å²) >= 11 is 0. The van der Waals surface area contributed by atoms with Gasteiger partial charge in [0.1, 0.15) is 0 Å². The van der Waals surface area contributed by atoms with Gasteiger partial charge in [0, 0.05) is 7.11 Å². The molecule has 0 aliphatic heterocycles. The van der Waals surface area contributed by atoms with E-state index in [-0.39, 0.29) is 40.6 Å². The Bertz CT molecular complexity index is 82.6. The van der Waals surface area contributed by atoms with Gasteiger partial charge in [-0.2, -0.15) is 0 Å². The van der Waals surface area contributed by atoms with Gasteiger partial charge in [0.2, 0.25) is 0 Å². The van der Waals surface area contributed by atoms with Crippen LogP contribution in [0.25, 0.3) is 0 Å². The molecule has 0 aromatic rings. The van der Waals surface area contributed by atoms with E-state index in [9.17, 15) is 4.57 Å².